The summed E-state index contributed by atoms with van der Waals surface area (Å²) in [7, 11) is 0. The molecular weight excluding hydrogens is 333 g/mol. The zero-order chi connectivity index (χ0) is 17.7. The van der Waals surface area contributed by atoms with Gasteiger partial charge in [0, 0.05) is 24.0 Å². The van der Waals surface area contributed by atoms with Crippen LogP contribution in [0.1, 0.15) is 13.8 Å². The van der Waals surface area contributed by atoms with Crippen LogP contribution in [-0.2, 0) is 9.59 Å². The summed E-state index contributed by atoms with van der Waals surface area (Å²) in [6.07, 6.45) is 0. The lowest BCUT2D eigenvalue weighted by molar-refractivity contribution is -0.116. The van der Waals surface area contributed by atoms with Gasteiger partial charge in [0.15, 0.2) is 0 Å². The number of amides is 2. The highest BCUT2D eigenvalue weighted by atomic mass is 35.5. The van der Waals surface area contributed by atoms with E-state index < -0.39 is 11.9 Å². The Morgan fingerprint density at radius 2 is 1.54 bits per heavy atom. The van der Waals surface area contributed by atoms with E-state index in [1.54, 1.807) is 37.3 Å². The lowest BCUT2D eigenvalue weighted by atomic mass is 10.2. The first-order valence-electron chi connectivity index (χ1n) is 7.25. The maximum absolute atomic E-state index is 13.4. The van der Waals surface area contributed by atoms with Gasteiger partial charge in [0.25, 0.3) is 0 Å². The van der Waals surface area contributed by atoms with Crippen LogP contribution in [0.5, 0.6) is 0 Å². The minimum absolute atomic E-state index is 0.0249. The van der Waals surface area contributed by atoms with E-state index in [-0.39, 0.29) is 16.8 Å². The van der Waals surface area contributed by atoms with Gasteiger partial charge >= 0.3 is 0 Å². The molecule has 0 unspecified atom stereocenters. The number of nitrogens with one attached hydrogen (secondary N) is 3. The third-order valence-corrected chi connectivity index (χ3v) is 3.48. The van der Waals surface area contributed by atoms with Gasteiger partial charge in [0.05, 0.1) is 5.02 Å². The second kappa shape index (κ2) is 7.79. The summed E-state index contributed by atoms with van der Waals surface area (Å²) in [6.45, 7) is 3.08. The minimum Gasteiger partial charge on any atom is -0.374 e. The monoisotopic (exact) mass is 349 g/mol. The van der Waals surface area contributed by atoms with Crippen molar-refractivity contribution >= 4 is 40.5 Å². The summed E-state index contributed by atoms with van der Waals surface area (Å²) >= 11 is 5.62. The maximum atomic E-state index is 13.4. The molecule has 0 spiro atoms. The highest BCUT2D eigenvalue weighted by Gasteiger charge is 2.13. The molecule has 0 saturated heterocycles. The molecule has 3 N–H and O–H groups in total. The van der Waals surface area contributed by atoms with E-state index in [9.17, 15) is 14.0 Å². The van der Waals surface area contributed by atoms with E-state index in [1.807, 2.05) is 0 Å². The van der Waals surface area contributed by atoms with E-state index in [0.29, 0.717) is 17.1 Å². The third-order valence-electron chi connectivity index (χ3n) is 3.17. The Kier molecular flexibility index (Phi) is 5.76. The Morgan fingerprint density at radius 3 is 2.08 bits per heavy atom. The van der Waals surface area contributed by atoms with Crippen LogP contribution in [0.25, 0.3) is 0 Å². The Bertz CT molecular complexity index is 750. The van der Waals surface area contributed by atoms with E-state index in [2.05, 4.69) is 16.0 Å². The van der Waals surface area contributed by atoms with Crippen LogP contribution in [0.4, 0.5) is 21.5 Å². The first-order chi connectivity index (χ1) is 11.3. The van der Waals surface area contributed by atoms with Gasteiger partial charge in [-0.15, -0.1) is 0 Å². The largest absolute Gasteiger partial charge is 0.374 e. The number of anilines is 3. The molecular formula is C17H17ClFN3O2. The topological polar surface area (TPSA) is 70.2 Å². The molecule has 0 aliphatic rings. The standard InChI is InChI=1S/C17H17ClFN3O2/c1-10(20-14-7-8-15(18)16(19)9-14)17(24)22-13-5-3-12(4-6-13)21-11(2)23/h3-10,20H,1-2H3,(H,21,23)(H,22,24)/t10-/m0/s1. The molecule has 0 saturated carbocycles. The van der Waals surface area contributed by atoms with E-state index >= 15 is 0 Å². The van der Waals surface area contributed by atoms with Gasteiger partial charge in [0.1, 0.15) is 11.9 Å². The van der Waals surface area contributed by atoms with Crippen molar-refractivity contribution in [1.82, 2.24) is 0 Å². The number of hydrogen-bond donors (Lipinski definition) is 3. The Balaban J connectivity index is 1.95. The first-order valence-corrected chi connectivity index (χ1v) is 7.63. The molecule has 24 heavy (non-hydrogen) atoms. The first kappa shape index (κ1) is 17.7. The van der Waals surface area contributed by atoms with Crippen LogP contribution in [0.2, 0.25) is 5.02 Å². The summed E-state index contributed by atoms with van der Waals surface area (Å²) in [6, 6.07) is 10.4. The van der Waals surface area contributed by atoms with E-state index in [4.69, 9.17) is 11.6 Å². The molecule has 0 bridgehead atoms. The fourth-order valence-electron chi connectivity index (χ4n) is 1.99. The molecule has 5 nitrogen and oxygen atoms in total. The van der Waals surface area contributed by atoms with Crippen LogP contribution in [0.15, 0.2) is 42.5 Å². The molecule has 2 amide bonds. The fourth-order valence-corrected chi connectivity index (χ4v) is 2.11. The Hall–Kier alpha value is -2.60. The van der Waals surface area contributed by atoms with Crippen LogP contribution >= 0.6 is 11.6 Å². The zero-order valence-corrected chi connectivity index (χ0v) is 13.9. The predicted octanol–water partition coefficient (Wildman–Crippen LogP) is 3.88. The number of benzene rings is 2. The van der Waals surface area contributed by atoms with Crippen molar-refractivity contribution < 1.29 is 14.0 Å². The number of rotatable bonds is 5. The molecule has 2 aromatic rings. The molecule has 0 fully saturated rings. The molecule has 126 valence electrons. The maximum Gasteiger partial charge on any atom is 0.246 e. The van der Waals surface area contributed by atoms with Crippen molar-refractivity contribution in [2.45, 2.75) is 19.9 Å². The summed E-state index contributed by atoms with van der Waals surface area (Å²) in [5.74, 6) is -1.000. The summed E-state index contributed by atoms with van der Waals surface area (Å²) < 4.78 is 13.4. The number of hydrogen-bond acceptors (Lipinski definition) is 3. The molecule has 2 aromatic carbocycles. The van der Waals surface area contributed by atoms with Crippen molar-refractivity contribution in [1.29, 1.82) is 0 Å². The number of halogens is 2. The lowest BCUT2D eigenvalue weighted by Gasteiger charge is -2.16. The van der Waals surface area contributed by atoms with Crippen molar-refractivity contribution in [2.75, 3.05) is 16.0 Å². The average Bonchev–Trinajstić information content (AvgIpc) is 2.52. The summed E-state index contributed by atoms with van der Waals surface area (Å²) in [5, 5.41) is 8.30. The molecule has 0 radical (unpaired) electrons. The van der Waals surface area contributed by atoms with Crippen molar-refractivity contribution in [3.8, 4) is 0 Å². The Labute approximate surface area is 144 Å². The molecule has 2 rings (SSSR count). The lowest BCUT2D eigenvalue weighted by Crippen LogP contribution is -2.31. The van der Waals surface area contributed by atoms with Crippen LogP contribution in [0, 0.1) is 5.82 Å². The average molecular weight is 350 g/mol. The van der Waals surface area contributed by atoms with Crippen molar-refractivity contribution in [2.24, 2.45) is 0 Å². The van der Waals surface area contributed by atoms with Gasteiger partial charge in [-0.2, -0.15) is 0 Å². The SMILES string of the molecule is CC(=O)Nc1ccc(NC(=O)[C@H](C)Nc2ccc(Cl)c(F)c2)cc1. The smallest absolute Gasteiger partial charge is 0.246 e. The van der Waals surface area contributed by atoms with Gasteiger partial charge in [-0.3, -0.25) is 9.59 Å². The van der Waals surface area contributed by atoms with Gasteiger partial charge < -0.3 is 16.0 Å². The molecule has 0 aromatic heterocycles. The van der Waals surface area contributed by atoms with Crippen molar-refractivity contribution in [3.63, 3.8) is 0 Å². The summed E-state index contributed by atoms with van der Waals surface area (Å²) in [4.78, 5) is 23.1. The quantitative estimate of drug-likeness (QED) is 0.767. The van der Waals surface area contributed by atoms with Gasteiger partial charge in [-0.25, -0.2) is 4.39 Å². The van der Waals surface area contributed by atoms with Crippen LogP contribution in [0.3, 0.4) is 0 Å². The number of carbonyl (C=O) groups excluding carboxylic acids is 2. The van der Waals surface area contributed by atoms with Crippen LogP contribution in [-0.4, -0.2) is 17.9 Å². The zero-order valence-electron chi connectivity index (χ0n) is 13.2. The predicted molar refractivity (Wildman–Crippen MR) is 93.9 cm³/mol. The number of carbonyl (C=O) groups is 2. The van der Waals surface area contributed by atoms with Gasteiger partial charge in [-0.1, -0.05) is 11.6 Å². The minimum atomic E-state index is -0.583. The highest BCUT2D eigenvalue weighted by molar-refractivity contribution is 6.30. The Morgan fingerprint density at radius 1 is 1.00 bits per heavy atom. The van der Waals surface area contributed by atoms with Crippen LogP contribution < -0.4 is 16.0 Å². The second-order valence-corrected chi connectivity index (χ2v) is 5.65. The third kappa shape index (κ3) is 4.96. The van der Waals surface area contributed by atoms with Gasteiger partial charge in [-0.05, 0) is 49.4 Å². The second-order valence-electron chi connectivity index (χ2n) is 5.24. The normalized spacial score (nSPS) is 11.5. The molecule has 0 heterocycles. The highest BCUT2D eigenvalue weighted by Crippen LogP contribution is 2.19. The fraction of sp³-hybridized carbons (Fsp3) is 0.176. The molecule has 0 aliphatic heterocycles. The summed E-state index contributed by atoms with van der Waals surface area (Å²) in [5.41, 5.74) is 1.69. The van der Waals surface area contributed by atoms with E-state index in [1.165, 1.54) is 19.1 Å². The molecule has 0 aliphatic carbocycles. The van der Waals surface area contributed by atoms with Gasteiger partial charge in [0.2, 0.25) is 11.8 Å². The molecule has 7 heteroatoms. The van der Waals surface area contributed by atoms with E-state index in [0.717, 1.165) is 0 Å². The van der Waals surface area contributed by atoms with Crippen molar-refractivity contribution in [3.05, 3.63) is 53.3 Å². The molecule has 1 atom stereocenters.